The molecule has 2 heterocycles. The maximum absolute atomic E-state index is 12.4. The Morgan fingerprint density at radius 3 is 3.15 bits per heavy atom. The summed E-state index contributed by atoms with van der Waals surface area (Å²) in [7, 11) is 0. The molecule has 0 spiro atoms. The zero-order valence-electron chi connectivity index (χ0n) is 11.5. The Kier molecular flexibility index (Phi) is 3.41. The Morgan fingerprint density at radius 1 is 1.45 bits per heavy atom. The van der Waals surface area contributed by atoms with Gasteiger partial charge in [-0.25, -0.2) is 0 Å². The molecule has 0 fully saturated rings. The maximum Gasteiger partial charge on any atom is 0.257 e. The smallest absolute Gasteiger partial charge is 0.257 e. The van der Waals surface area contributed by atoms with Gasteiger partial charge in [0.15, 0.2) is 5.82 Å². The van der Waals surface area contributed by atoms with Gasteiger partial charge in [0.1, 0.15) is 0 Å². The van der Waals surface area contributed by atoms with Gasteiger partial charge >= 0.3 is 0 Å². The Morgan fingerprint density at radius 2 is 2.35 bits per heavy atom. The minimum atomic E-state index is -0.0975. The number of carbonyl (C=O) groups excluding carboxylic acids is 1. The zero-order chi connectivity index (χ0) is 13.9. The maximum atomic E-state index is 12.4. The Balaban J connectivity index is 1.83. The number of hydrogen-bond donors (Lipinski definition) is 3. The molecule has 1 amide bonds. The fraction of sp³-hybridized carbons (Fsp3) is 0.333. The van der Waals surface area contributed by atoms with Crippen molar-refractivity contribution in [2.75, 3.05) is 17.2 Å². The van der Waals surface area contributed by atoms with Crippen molar-refractivity contribution in [3.63, 3.8) is 0 Å². The molecule has 1 aromatic heterocycles. The number of nitrogens with one attached hydrogen (secondary N) is 3. The third-order valence-electron chi connectivity index (χ3n) is 3.59. The van der Waals surface area contributed by atoms with Gasteiger partial charge in [-0.15, -0.1) is 0 Å². The SMILES string of the molecule is CCc1cc(NC(=O)c2cccc3c2CCCN3)n[nH]1. The Labute approximate surface area is 117 Å². The molecule has 3 rings (SSSR count). The summed E-state index contributed by atoms with van der Waals surface area (Å²) in [6.07, 6.45) is 2.86. The van der Waals surface area contributed by atoms with E-state index >= 15 is 0 Å². The monoisotopic (exact) mass is 270 g/mol. The van der Waals surface area contributed by atoms with E-state index in [1.54, 1.807) is 0 Å². The predicted octanol–water partition coefficient (Wildman–Crippen LogP) is 2.58. The van der Waals surface area contributed by atoms with E-state index in [0.717, 1.165) is 48.3 Å². The van der Waals surface area contributed by atoms with Crippen LogP contribution in [0.3, 0.4) is 0 Å². The molecular weight excluding hydrogens is 252 g/mol. The first-order valence-electron chi connectivity index (χ1n) is 6.99. The number of rotatable bonds is 3. The summed E-state index contributed by atoms with van der Waals surface area (Å²) in [6.45, 7) is 3.01. The molecule has 0 saturated heterocycles. The number of aromatic nitrogens is 2. The van der Waals surface area contributed by atoms with Crippen molar-refractivity contribution in [3.05, 3.63) is 41.1 Å². The molecule has 104 valence electrons. The largest absolute Gasteiger partial charge is 0.385 e. The average molecular weight is 270 g/mol. The lowest BCUT2D eigenvalue weighted by Gasteiger charge is -2.20. The Bertz CT molecular complexity index is 633. The van der Waals surface area contributed by atoms with Crippen LogP contribution >= 0.6 is 0 Å². The van der Waals surface area contributed by atoms with Crippen molar-refractivity contribution in [1.29, 1.82) is 0 Å². The molecule has 20 heavy (non-hydrogen) atoms. The molecular formula is C15H18N4O. The van der Waals surface area contributed by atoms with Crippen LogP contribution in [0.2, 0.25) is 0 Å². The minimum Gasteiger partial charge on any atom is -0.385 e. The number of nitrogens with zero attached hydrogens (tertiary/aromatic N) is 1. The van der Waals surface area contributed by atoms with E-state index < -0.39 is 0 Å². The average Bonchev–Trinajstić information content (AvgIpc) is 2.94. The molecule has 0 atom stereocenters. The molecule has 2 aromatic rings. The van der Waals surface area contributed by atoms with Gasteiger partial charge in [0.05, 0.1) is 0 Å². The summed E-state index contributed by atoms with van der Waals surface area (Å²) in [5, 5.41) is 13.2. The van der Waals surface area contributed by atoms with Crippen molar-refractivity contribution in [2.45, 2.75) is 26.2 Å². The zero-order valence-corrected chi connectivity index (χ0v) is 11.5. The summed E-state index contributed by atoms with van der Waals surface area (Å²) in [5.41, 5.74) is 3.91. The number of anilines is 2. The van der Waals surface area contributed by atoms with E-state index in [2.05, 4.69) is 20.8 Å². The first-order valence-corrected chi connectivity index (χ1v) is 6.99. The van der Waals surface area contributed by atoms with Gasteiger partial charge in [-0.3, -0.25) is 9.89 Å². The van der Waals surface area contributed by atoms with Crippen LogP contribution in [0.5, 0.6) is 0 Å². The van der Waals surface area contributed by atoms with E-state index in [4.69, 9.17) is 0 Å². The fourth-order valence-electron chi connectivity index (χ4n) is 2.51. The molecule has 1 aromatic carbocycles. The molecule has 0 bridgehead atoms. The Hall–Kier alpha value is -2.30. The van der Waals surface area contributed by atoms with Crippen LogP contribution in [0.25, 0.3) is 0 Å². The summed E-state index contributed by atoms with van der Waals surface area (Å²) in [4.78, 5) is 12.4. The highest BCUT2D eigenvalue weighted by Crippen LogP contribution is 2.25. The molecule has 1 aliphatic heterocycles. The highest BCUT2D eigenvalue weighted by molar-refractivity contribution is 6.05. The number of amides is 1. The van der Waals surface area contributed by atoms with Crippen LogP contribution in [-0.4, -0.2) is 22.6 Å². The van der Waals surface area contributed by atoms with Crippen LogP contribution < -0.4 is 10.6 Å². The molecule has 1 aliphatic rings. The molecule has 0 saturated carbocycles. The topological polar surface area (TPSA) is 69.8 Å². The number of hydrogen-bond acceptors (Lipinski definition) is 3. The predicted molar refractivity (Wildman–Crippen MR) is 79.2 cm³/mol. The third-order valence-corrected chi connectivity index (χ3v) is 3.59. The number of benzene rings is 1. The molecule has 0 radical (unpaired) electrons. The second-order valence-electron chi connectivity index (χ2n) is 4.95. The number of fused-ring (bicyclic) bond motifs is 1. The normalized spacial score (nSPS) is 13.4. The number of aryl methyl sites for hydroxylation is 1. The first-order chi connectivity index (χ1) is 9.78. The van der Waals surface area contributed by atoms with Crippen molar-refractivity contribution in [2.24, 2.45) is 0 Å². The standard InChI is InChI=1S/C15H18N4O/c1-2-10-9-14(19-18-10)17-15(20)12-5-3-7-13-11(12)6-4-8-16-13/h3,5,7,9,16H,2,4,6,8H2,1H3,(H2,17,18,19,20). The van der Waals surface area contributed by atoms with Crippen LogP contribution in [-0.2, 0) is 12.8 Å². The first kappa shape index (κ1) is 12.7. The lowest BCUT2D eigenvalue weighted by molar-refractivity contribution is 0.102. The van der Waals surface area contributed by atoms with Crippen LogP contribution in [0.1, 0.15) is 35.0 Å². The van der Waals surface area contributed by atoms with Gasteiger partial charge < -0.3 is 10.6 Å². The van der Waals surface area contributed by atoms with Crippen LogP contribution in [0, 0.1) is 0 Å². The van der Waals surface area contributed by atoms with Gasteiger partial charge in [0.2, 0.25) is 0 Å². The lowest BCUT2D eigenvalue weighted by atomic mass is 9.97. The highest BCUT2D eigenvalue weighted by atomic mass is 16.1. The second kappa shape index (κ2) is 5.36. The molecule has 5 heteroatoms. The summed E-state index contributed by atoms with van der Waals surface area (Å²) in [6, 6.07) is 7.67. The lowest BCUT2D eigenvalue weighted by Crippen LogP contribution is -2.19. The van der Waals surface area contributed by atoms with E-state index in [-0.39, 0.29) is 5.91 Å². The van der Waals surface area contributed by atoms with Gasteiger partial charge in [0.25, 0.3) is 5.91 Å². The van der Waals surface area contributed by atoms with Crippen molar-refractivity contribution in [1.82, 2.24) is 10.2 Å². The summed E-state index contributed by atoms with van der Waals surface area (Å²) in [5.74, 6) is 0.480. The molecule has 0 aliphatic carbocycles. The van der Waals surface area contributed by atoms with Crippen molar-refractivity contribution in [3.8, 4) is 0 Å². The van der Waals surface area contributed by atoms with E-state index in [1.807, 2.05) is 31.2 Å². The molecule has 3 N–H and O–H groups in total. The van der Waals surface area contributed by atoms with Crippen LogP contribution in [0.15, 0.2) is 24.3 Å². The highest BCUT2D eigenvalue weighted by Gasteiger charge is 2.17. The quantitative estimate of drug-likeness (QED) is 0.803. The molecule has 5 nitrogen and oxygen atoms in total. The van der Waals surface area contributed by atoms with Gasteiger partial charge in [-0.1, -0.05) is 13.0 Å². The van der Waals surface area contributed by atoms with Crippen molar-refractivity contribution < 1.29 is 4.79 Å². The fourth-order valence-corrected chi connectivity index (χ4v) is 2.51. The number of H-pyrrole nitrogens is 1. The van der Waals surface area contributed by atoms with Gasteiger partial charge in [-0.05, 0) is 37.0 Å². The van der Waals surface area contributed by atoms with Crippen LogP contribution in [0.4, 0.5) is 11.5 Å². The second-order valence-corrected chi connectivity index (χ2v) is 4.95. The van der Waals surface area contributed by atoms with E-state index in [0.29, 0.717) is 5.82 Å². The van der Waals surface area contributed by atoms with Crippen molar-refractivity contribution >= 4 is 17.4 Å². The van der Waals surface area contributed by atoms with E-state index in [1.165, 1.54) is 0 Å². The van der Waals surface area contributed by atoms with Gasteiger partial charge in [-0.2, -0.15) is 5.10 Å². The van der Waals surface area contributed by atoms with E-state index in [9.17, 15) is 4.79 Å². The third kappa shape index (κ3) is 2.39. The summed E-state index contributed by atoms with van der Waals surface area (Å²) < 4.78 is 0. The number of carbonyl (C=O) groups is 1. The minimum absolute atomic E-state index is 0.0975. The summed E-state index contributed by atoms with van der Waals surface area (Å²) >= 11 is 0. The van der Waals surface area contributed by atoms with Gasteiger partial charge in [0, 0.05) is 29.6 Å². The number of aromatic amines is 1. The molecule has 0 unspecified atom stereocenters.